The first kappa shape index (κ1) is 20.1. The van der Waals surface area contributed by atoms with Crippen molar-refractivity contribution in [3.63, 3.8) is 0 Å². The smallest absolute Gasteiger partial charge is 0.339 e. The van der Waals surface area contributed by atoms with Crippen LogP contribution in [0.3, 0.4) is 0 Å². The minimum atomic E-state index is -0.839. The molecule has 0 saturated heterocycles. The molecule has 0 radical (unpaired) electrons. The largest absolute Gasteiger partial charge is 0.465 e. The van der Waals surface area contributed by atoms with Gasteiger partial charge in [-0.1, -0.05) is 48.0 Å². The maximum Gasteiger partial charge on any atom is 0.339 e. The number of hydrogen-bond donors (Lipinski definition) is 1. The third-order valence-electron chi connectivity index (χ3n) is 5.04. The van der Waals surface area contributed by atoms with Crippen LogP contribution in [0.25, 0.3) is 16.6 Å². The lowest BCUT2D eigenvalue weighted by atomic mass is 10.0. The van der Waals surface area contributed by atoms with E-state index in [0.29, 0.717) is 5.56 Å². The highest BCUT2D eigenvalue weighted by atomic mass is 16.5. The second-order valence-corrected chi connectivity index (χ2v) is 7.09. The number of carbonyl (C=O) groups excluding carboxylic acids is 3. The highest BCUT2D eigenvalue weighted by Gasteiger charge is 2.26. The standard InChI is InChI=1S/C25H20N2O4/c1-16-10-12-17(13-11-16)20-15-18-7-5-6-14-27(18)22(20)23(28)24(29)26-21-9-4-3-8-19(21)25(30)31-2/h3-15H,1-2H3,(H,26,29). The molecular formula is C25H20N2O4. The summed E-state index contributed by atoms with van der Waals surface area (Å²) in [6, 6.07) is 21.6. The van der Waals surface area contributed by atoms with Gasteiger partial charge in [0.05, 0.1) is 18.4 Å². The third-order valence-corrected chi connectivity index (χ3v) is 5.04. The van der Waals surface area contributed by atoms with Crippen LogP contribution in [0, 0.1) is 6.92 Å². The quantitative estimate of drug-likeness (QED) is 0.297. The number of esters is 1. The van der Waals surface area contributed by atoms with Crippen LogP contribution in [0.5, 0.6) is 0 Å². The van der Waals surface area contributed by atoms with Crippen molar-refractivity contribution in [1.29, 1.82) is 0 Å². The van der Waals surface area contributed by atoms with E-state index in [9.17, 15) is 14.4 Å². The van der Waals surface area contributed by atoms with Crippen LogP contribution in [-0.2, 0) is 9.53 Å². The van der Waals surface area contributed by atoms with Crippen LogP contribution in [0.15, 0.2) is 79.0 Å². The van der Waals surface area contributed by atoms with Crippen molar-refractivity contribution < 1.29 is 19.1 Å². The van der Waals surface area contributed by atoms with Crippen molar-refractivity contribution in [3.05, 3.63) is 95.8 Å². The summed E-state index contributed by atoms with van der Waals surface area (Å²) in [4.78, 5) is 38.2. The van der Waals surface area contributed by atoms with Crippen molar-refractivity contribution in [3.8, 4) is 11.1 Å². The number of aryl methyl sites for hydroxylation is 1. The van der Waals surface area contributed by atoms with Gasteiger partial charge in [0.2, 0.25) is 0 Å². The Morgan fingerprint density at radius 1 is 0.903 bits per heavy atom. The summed E-state index contributed by atoms with van der Waals surface area (Å²) >= 11 is 0. The molecule has 0 spiro atoms. The summed E-state index contributed by atoms with van der Waals surface area (Å²) in [5.41, 5.74) is 4.03. The molecule has 0 unspecified atom stereocenters. The summed E-state index contributed by atoms with van der Waals surface area (Å²) in [7, 11) is 1.26. The minimum Gasteiger partial charge on any atom is -0.465 e. The molecule has 1 N–H and O–H groups in total. The molecule has 4 rings (SSSR count). The summed E-state index contributed by atoms with van der Waals surface area (Å²) in [6.07, 6.45) is 1.75. The number of aromatic nitrogens is 1. The normalized spacial score (nSPS) is 10.6. The van der Waals surface area contributed by atoms with E-state index in [1.54, 1.807) is 34.9 Å². The lowest BCUT2D eigenvalue weighted by molar-refractivity contribution is -0.112. The Bertz CT molecular complexity index is 1300. The van der Waals surface area contributed by atoms with E-state index in [2.05, 4.69) is 5.32 Å². The van der Waals surface area contributed by atoms with E-state index >= 15 is 0 Å². The van der Waals surface area contributed by atoms with Crippen molar-refractivity contribution in [2.75, 3.05) is 12.4 Å². The average Bonchev–Trinajstić information content (AvgIpc) is 3.18. The fourth-order valence-electron chi connectivity index (χ4n) is 3.48. The zero-order valence-electron chi connectivity index (χ0n) is 17.1. The fourth-order valence-corrected chi connectivity index (χ4v) is 3.48. The van der Waals surface area contributed by atoms with Gasteiger partial charge in [0.25, 0.3) is 11.7 Å². The summed E-state index contributed by atoms with van der Waals surface area (Å²) in [5, 5.41) is 2.56. The molecule has 2 heterocycles. The number of amides is 1. The number of benzene rings is 2. The van der Waals surface area contributed by atoms with Gasteiger partial charge in [0, 0.05) is 17.3 Å². The van der Waals surface area contributed by atoms with Crippen molar-refractivity contribution in [2.24, 2.45) is 0 Å². The number of pyridine rings is 1. The first-order chi connectivity index (χ1) is 15.0. The number of carbonyl (C=O) groups is 3. The van der Waals surface area contributed by atoms with Gasteiger partial charge in [0.15, 0.2) is 0 Å². The minimum absolute atomic E-state index is 0.171. The number of para-hydroxylation sites is 1. The molecule has 2 aromatic carbocycles. The topological polar surface area (TPSA) is 76.9 Å². The number of anilines is 1. The Balaban J connectivity index is 1.76. The molecule has 6 heteroatoms. The van der Waals surface area contributed by atoms with Gasteiger partial charge in [-0.2, -0.15) is 0 Å². The molecule has 0 atom stereocenters. The number of methoxy groups -OCH3 is 1. The number of ketones is 1. The van der Waals surface area contributed by atoms with Crippen LogP contribution >= 0.6 is 0 Å². The highest BCUT2D eigenvalue weighted by molar-refractivity contribution is 6.47. The average molecular weight is 412 g/mol. The Hall–Kier alpha value is -4.19. The van der Waals surface area contributed by atoms with Gasteiger partial charge in [-0.05, 0) is 42.8 Å². The van der Waals surface area contributed by atoms with E-state index < -0.39 is 17.7 Å². The highest BCUT2D eigenvalue weighted by Crippen LogP contribution is 2.29. The van der Waals surface area contributed by atoms with Crippen molar-refractivity contribution >= 4 is 28.9 Å². The molecule has 0 saturated carbocycles. The predicted octanol–water partition coefficient (Wildman–Crippen LogP) is 4.52. The number of ether oxygens (including phenoxy) is 1. The number of Topliss-reactive ketones (excluding diaryl/α,β-unsaturated/α-hetero) is 1. The van der Waals surface area contributed by atoms with Gasteiger partial charge in [-0.25, -0.2) is 4.79 Å². The Labute approximate surface area is 179 Å². The molecule has 0 aliphatic carbocycles. The van der Waals surface area contributed by atoms with Crippen LogP contribution in [-0.4, -0.2) is 29.2 Å². The number of nitrogens with zero attached hydrogens (tertiary/aromatic N) is 1. The third kappa shape index (κ3) is 3.83. The number of hydrogen-bond acceptors (Lipinski definition) is 4. The molecule has 0 bridgehead atoms. The zero-order valence-corrected chi connectivity index (χ0v) is 17.1. The second kappa shape index (κ2) is 8.28. The van der Waals surface area contributed by atoms with Crippen molar-refractivity contribution in [2.45, 2.75) is 6.92 Å². The molecule has 31 heavy (non-hydrogen) atoms. The van der Waals surface area contributed by atoms with Crippen LogP contribution < -0.4 is 5.32 Å². The number of nitrogens with one attached hydrogen (secondary N) is 1. The zero-order chi connectivity index (χ0) is 22.0. The first-order valence-corrected chi connectivity index (χ1v) is 9.69. The van der Waals surface area contributed by atoms with E-state index in [1.165, 1.54) is 13.2 Å². The number of fused-ring (bicyclic) bond motifs is 1. The van der Waals surface area contributed by atoms with Crippen LogP contribution in [0.4, 0.5) is 5.69 Å². The van der Waals surface area contributed by atoms with Crippen LogP contribution in [0.1, 0.15) is 26.4 Å². The second-order valence-electron chi connectivity index (χ2n) is 7.09. The van der Waals surface area contributed by atoms with E-state index in [4.69, 9.17) is 4.74 Å². The maximum absolute atomic E-state index is 13.3. The van der Waals surface area contributed by atoms with E-state index in [-0.39, 0.29) is 16.9 Å². The predicted molar refractivity (Wildman–Crippen MR) is 118 cm³/mol. The van der Waals surface area contributed by atoms with Gasteiger partial charge >= 0.3 is 5.97 Å². The molecular weight excluding hydrogens is 392 g/mol. The van der Waals surface area contributed by atoms with Crippen molar-refractivity contribution in [1.82, 2.24) is 4.40 Å². The SMILES string of the molecule is COC(=O)c1ccccc1NC(=O)C(=O)c1c(-c2ccc(C)cc2)cc2ccccn12. The Kier molecular flexibility index (Phi) is 5.37. The van der Waals surface area contributed by atoms with E-state index in [0.717, 1.165) is 16.6 Å². The monoisotopic (exact) mass is 412 g/mol. The molecule has 0 aliphatic heterocycles. The molecule has 1 amide bonds. The first-order valence-electron chi connectivity index (χ1n) is 9.69. The molecule has 0 aliphatic rings. The summed E-state index contributed by atoms with van der Waals surface area (Å²) < 4.78 is 6.45. The lowest BCUT2D eigenvalue weighted by Crippen LogP contribution is -2.25. The molecule has 154 valence electrons. The number of rotatable bonds is 5. The summed E-state index contributed by atoms with van der Waals surface area (Å²) in [6.45, 7) is 1.98. The van der Waals surface area contributed by atoms with E-state index in [1.807, 2.05) is 49.4 Å². The molecule has 0 fully saturated rings. The van der Waals surface area contributed by atoms with Gasteiger partial charge in [0.1, 0.15) is 5.69 Å². The maximum atomic E-state index is 13.3. The Morgan fingerprint density at radius 2 is 1.61 bits per heavy atom. The van der Waals surface area contributed by atoms with Gasteiger partial charge in [-0.3, -0.25) is 9.59 Å². The van der Waals surface area contributed by atoms with Gasteiger partial charge in [-0.15, -0.1) is 0 Å². The lowest BCUT2D eigenvalue weighted by Gasteiger charge is -2.10. The molecule has 6 nitrogen and oxygen atoms in total. The fraction of sp³-hybridized carbons (Fsp3) is 0.0800. The summed E-state index contributed by atoms with van der Waals surface area (Å²) in [5.74, 6) is -2.15. The Morgan fingerprint density at radius 3 is 2.35 bits per heavy atom. The van der Waals surface area contributed by atoms with Crippen LogP contribution in [0.2, 0.25) is 0 Å². The molecule has 4 aromatic rings. The molecule has 2 aromatic heterocycles. The van der Waals surface area contributed by atoms with Gasteiger partial charge < -0.3 is 14.5 Å².